The Labute approximate surface area is 113 Å². The topological polar surface area (TPSA) is 78.9 Å². The second-order valence-electron chi connectivity index (χ2n) is 3.59. The molecule has 0 aliphatic rings. The van der Waals surface area contributed by atoms with Crippen molar-refractivity contribution in [3.8, 4) is 11.4 Å². The summed E-state index contributed by atoms with van der Waals surface area (Å²) in [6, 6.07) is 5.62. The first-order valence-electron chi connectivity index (χ1n) is 5.10. The summed E-state index contributed by atoms with van der Waals surface area (Å²) in [5.74, 6) is -0.435. The van der Waals surface area contributed by atoms with Crippen LogP contribution >= 0.6 is 23.4 Å². The first kappa shape index (κ1) is 12.9. The summed E-state index contributed by atoms with van der Waals surface area (Å²) in [4.78, 5) is 14.6. The van der Waals surface area contributed by atoms with Crippen LogP contribution < -0.4 is 0 Å². The molecule has 0 fully saturated rings. The van der Waals surface area contributed by atoms with Crippen LogP contribution in [0.25, 0.3) is 11.4 Å². The number of aliphatic carboxylic acids is 1. The van der Waals surface area contributed by atoms with E-state index in [0.717, 1.165) is 22.9 Å². The Morgan fingerprint density at radius 1 is 1.56 bits per heavy atom. The van der Waals surface area contributed by atoms with Gasteiger partial charge in [0, 0.05) is 5.56 Å². The lowest BCUT2D eigenvalue weighted by molar-refractivity contribution is -0.133. The number of thioether (sulfide) groups is 1. The van der Waals surface area contributed by atoms with Crippen LogP contribution in [0.1, 0.15) is 5.56 Å². The number of carbonyl (C=O) groups is 1. The highest BCUT2D eigenvalue weighted by Crippen LogP contribution is 2.28. The molecule has 18 heavy (non-hydrogen) atoms. The second-order valence-corrected chi connectivity index (χ2v) is 4.91. The maximum atomic E-state index is 10.4. The minimum atomic E-state index is -0.903. The van der Waals surface area contributed by atoms with Crippen molar-refractivity contribution in [2.75, 3.05) is 5.75 Å². The fourth-order valence-corrected chi connectivity index (χ4v) is 2.12. The Kier molecular flexibility index (Phi) is 3.88. The fourth-order valence-electron chi connectivity index (χ4n) is 1.39. The van der Waals surface area contributed by atoms with Gasteiger partial charge in [0.15, 0.2) is 5.82 Å². The Morgan fingerprint density at radius 3 is 3.06 bits per heavy atom. The fraction of sp³-hybridized carbons (Fsp3) is 0.182. The van der Waals surface area contributed by atoms with Crippen molar-refractivity contribution in [1.29, 1.82) is 0 Å². The number of carboxylic acids is 1. The largest absolute Gasteiger partial charge is 0.481 e. The van der Waals surface area contributed by atoms with Crippen LogP contribution in [0.4, 0.5) is 0 Å². The van der Waals surface area contributed by atoms with Gasteiger partial charge in [-0.05, 0) is 18.6 Å². The number of hydrogen-bond donors (Lipinski definition) is 2. The van der Waals surface area contributed by atoms with Gasteiger partial charge < -0.3 is 5.11 Å². The van der Waals surface area contributed by atoms with Gasteiger partial charge in [-0.3, -0.25) is 9.89 Å². The van der Waals surface area contributed by atoms with Gasteiger partial charge in [-0.1, -0.05) is 35.5 Å². The summed E-state index contributed by atoms with van der Waals surface area (Å²) in [5, 5.41) is 16.3. The van der Waals surface area contributed by atoms with E-state index in [2.05, 4.69) is 15.2 Å². The maximum Gasteiger partial charge on any atom is 0.313 e. The number of nitrogens with zero attached hydrogens (tertiary/aromatic N) is 2. The molecular formula is C11H10ClN3O2S. The number of hydrogen-bond acceptors (Lipinski definition) is 4. The van der Waals surface area contributed by atoms with Crippen LogP contribution in [0.3, 0.4) is 0 Å². The molecule has 1 heterocycles. The third-order valence-electron chi connectivity index (χ3n) is 2.24. The van der Waals surface area contributed by atoms with E-state index in [4.69, 9.17) is 16.7 Å². The minimum Gasteiger partial charge on any atom is -0.481 e. The summed E-state index contributed by atoms with van der Waals surface area (Å²) >= 11 is 7.23. The smallest absolute Gasteiger partial charge is 0.313 e. The predicted molar refractivity (Wildman–Crippen MR) is 69.9 cm³/mol. The third kappa shape index (κ3) is 2.83. The van der Waals surface area contributed by atoms with E-state index in [9.17, 15) is 4.79 Å². The van der Waals surface area contributed by atoms with Gasteiger partial charge in [-0.15, -0.1) is 5.10 Å². The highest BCUT2D eigenvalue weighted by Gasteiger charge is 2.11. The molecule has 0 radical (unpaired) electrons. The molecule has 0 unspecified atom stereocenters. The molecule has 1 aromatic carbocycles. The lowest BCUT2D eigenvalue weighted by Crippen LogP contribution is -1.97. The minimum absolute atomic E-state index is 0.0706. The quantitative estimate of drug-likeness (QED) is 0.843. The van der Waals surface area contributed by atoms with Gasteiger partial charge in [-0.2, -0.15) is 0 Å². The van der Waals surface area contributed by atoms with Crippen LogP contribution in [-0.4, -0.2) is 32.0 Å². The molecule has 0 bridgehead atoms. The number of benzene rings is 1. The third-order valence-corrected chi connectivity index (χ3v) is 3.57. The Morgan fingerprint density at radius 2 is 2.33 bits per heavy atom. The molecule has 0 aliphatic carbocycles. The first-order chi connectivity index (χ1) is 8.58. The maximum absolute atomic E-state index is 10.4. The van der Waals surface area contributed by atoms with Crippen molar-refractivity contribution in [2.45, 2.75) is 12.1 Å². The van der Waals surface area contributed by atoms with Gasteiger partial charge in [-0.25, -0.2) is 4.98 Å². The number of aryl methyl sites for hydroxylation is 1. The van der Waals surface area contributed by atoms with Crippen LogP contribution in [0.2, 0.25) is 5.02 Å². The summed E-state index contributed by atoms with van der Waals surface area (Å²) in [6.45, 7) is 1.91. The van der Waals surface area contributed by atoms with Crippen LogP contribution in [-0.2, 0) is 4.79 Å². The van der Waals surface area contributed by atoms with E-state index in [0.29, 0.717) is 16.0 Å². The summed E-state index contributed by atoms with van der Waals surface area (Å²) in [7, 11) is 0. The Bertz CT molecular complexity index is 585. The molecule has 0 spiro atoms. The first-order valence-corrected chi connectivity index (χ1v) is 6.47. The molecule has 0 amide bonds. The zero-order valence-corrected chi connectivity index (χ0v) is 11.0. The van der Waals surface area contributed by atoms with Crippen LogP contribution in [0.15, 0.2) is 23.4 Å². The van der Waals surface area contributed by atoms with Crippen molar-refractivity contribution in [2.24, 2.45) is 0 Å². The number of nitrogens with one attached hydrogen (secondary N) is 1. The standard InChI is InChI=1S/C11H10ClN3O2S/c1-6-3-2-4-7(9(6)12)10-13-11(15-14-10)18-5-8(16)17/h2-4H,5H2,1H3,(H,16,17)(H,13,14,15). The molecule has 0 atom stereocenters. The number of rotatable bonds is 4. The van der Waals surface area contributed by atoms with Crippen LogP contribution in [0, 0.1) is 6.92 Å². The molecule has 7 heteroatoms. The van der Waals surface area contributed by atoms with E-state index in [1.54, 1.807) is 0 Å². The van der Waals surface area contributed by atoms with Gasteiger partial charge in [0.2, 0.25) is 5.16 Å². The average Bonchev–Trinajstić information content (AvgIpc) is 2.78. The van der Waals surface area contributed by atoms with E-state index in [1.807, 2.05) is 25.1 Å². The molecule has 94 valence electrons. The van der Waals surface area contributed by atoms with Crippen LogP contribution in [0.5, 0.6) is 0 Å². The highest BCUT2D eigenvalue weighted by atomic mass is 35.5. The molecule has 2 aromatic rings. The monoisotopic (exact) mass is 283 g/mol. The van der Waals surface area contributed by atoms with E-state index in [-0.39, 0.29) is 5.75 Å². The number of H-pyrrole nitrogens is 1. The van der Waals surface area contributed by atoms with Gasteiger partial charge >= 0.3 is 5.97 Å². The zero-order chi connectivity index (χ0) is 13.1. The van der Waals surface area contributed by atoms with Crippen molar-refractivity contribution in [3.05, 3.63) is 28.8 Å². The Hall–Kier alpha value is -1.53. The predicted octanol–water partition coefficient (Wildman–Crippen LogP) is 2.61. The second kappa shape index (κ2) is 5.41. The van der Waals surface area contributed by atoms with Crippen molar-refractivity contribution in [1.82, 2.24) is 15.2 Å². The molecule has 1 aromatic heterocycles. The molecular weight excluding hydrogens is 274 g/mol. The Balaban J connectivity index is 2.24. The summed E-state index contributed by atoms with van der Waals surface area (Å²) in [5.41, 5.74) is 1.71. The van der Waals surface area contributed by atoms with Gasteiger partial charge in [0.1, 0.15) is 0 Å². The van der Waals surface area contributed by atoms with Gasteiger partial charge in [0.05, 0.1) is 10.8 Å². The van der Waals surface area contributed by atoms with Gasteiger partial charge in [0.25, 0.3) is 0 Å². The van der Waals surface area contributed by atoms with E-state index >= 15 is 0 Å². The molecule has 0 saturated heterocycles. The van der Waals surface area contributed by atoms with Crippen molar-refractivity contribution < 1.29 is 9.90 Å². The summed E-state index contributed by atoms with van der Waals surface area (Å²) in [6.07, 6.45) is 0. The van der Waals surface area contributed by atoms with Crippen molar-refractivity contribution >= 4 is 29.3 Å². The molecule has 0 aliphatic heterocycles. The summed E-state index contributed by atoms with van der Waals surface area (Å²) < 4.78 is 0. The van der Waals surface area contributed by atoms with Crippen molar-refractivity contribution in [3.63, 3.8) is 0 Å². The van der Waals surface area contributed by atoms with E-state index in [1.165, 1.54) is 0 Å². The SMILES string of the molecule is Cc1cccc(-c2nc(SCC(=O)O)n[nH]2)c1Cl. The molecule has 5 nitrogen and oxygen atoms in total. The molecule has 2 N–H and O–H groups in total. The number of carboxylic acid groups (broad SMARTS) is 1. The number of halogens is 1. The average molecular weight is 284 g/mol. The molecule has 0 saturated carbocycles. The number of aromatic amines is 1. The normalized spacial score (nSPS) is 10.6. The highest BCUT2D eigenvalue weighted by molar-refractivity contribution is 7.99. The number of aromatic nitrogens is 3. The lowest BCUT2D eigenvalue weighted by atomic mass is 10.1. The molecule has 2 rings (SSSR count). The zero-order valence-electron chi connectivity index (χ0n) is 9.48. The lowest BCUT2D eigenvalue weighted by Gasteiger charge is -2.02. The van der Waals surface area contributed by atoms with E-state index < -0.39 is 5.97 Å².